The van der Waals surface area contributed by atoms with Gasteiger partial charge < -0.3 is 10.1 Å². The van der Waals surface area contributed by atoms with Crippen molar-refractivity contribution in [1.82, 2.24) is 14.9 Å². The van der Waals surface area contributed by atoms with Gasteiger partial charge in [-0.3, -0.25) is 18.7 Å². The number of amides is 3. The summed E-state index contributed by atoms with van der Waals surface area (Å²) >= 11 is 0. The number of carbonyl (C=O) groups excluding carboxylic acids is 3. The zero-order valence-electron chi connectivity index (χ0n) is 16.3. The molecule has 0 aliphatic carbocycles. The highest BCUT2D eigenvalue weighted by Crippen LogP contribution is 2.27. The van der Waals surface area contributed by atoms with Crippen LogP contribution in [0.25, 0.3) is 0 Å². The normalized spacial score (nSPS) is 24.4. The van der Waals surface area contributed by atoms with E-state index in [2.05, 4.69) is 10.0 Å². The minimum Gasteiger partial charge on any atom is -0.444 e. The summed E-state index contributed by atoms with van der Waals surface area (Å²) in [4.78, 5) is 38.4. The fraction of sp³-hybridized carbons (Fsp3) is 0.500. The average molecular weight is 425 g/mol. The maximum atomic E-state index is 12.7. The Bertz CT molecular complexity index is 904. The number of alkyl carbamates (subject to hydrolysis) is 1. The third-order valence-corrected chi connectivity index (χ3v) is 5.39. The SMILES string of the molecule is CC(C)(C)OC(=O)NC1CC[C@H](N2C(=O)c3ccccc3C2=O)COS(=O)(=O)N1. The van der Waals surface area contributed by atoms with E-state index >= 15 is 0 Å². The summed E-state index contributed by atoms with van der Waals surface area (Å²) in [5, 5.41) is 2.43. The van der Waals surface area contributed by atoms with E-state index in [1.54, 1.807) is 45.0 Å². The Labute approximate surface area is 168 Å². The van der Waals surface area contributed by atoms with Crippen molar-refractivity contribution in [3.05, 3.63) is 35.4 Å². The van der Waals surface area contributed by atoms with Crippen molar-refractivity contribution in [2.75, 3.05) is 6.61 Å². The van der Waals surface area contributed by atoms with Gasteiger partial charge in [0.2, 0.25) is 0 Å². The molecule has 1 saturated heterocycles. The molecule has 3 rings (SSSR count). The van der Waals surface area contributed by atoms with E-state index in [1.165, 1.54) is 0 Å². The number of hydrogen-bond donors (Lipinski definition) is 2. The van der Waals surface area contributed by atoms with Crippen molar-refractivity contribution in [3.63, 3.8) is 0 Å². The minimum absolute atomic E-state index is 0.125. The molecule has 2 atom stereocenters. The Balaban J connectivity index is 1.76. The van der Waals surface area contributed by atoms with Crippen LogP contribution in [-0.4, -0.2) is 55.6 Å². The van der Waals surface area contributed by atoms with Gasteiger partial charge in [-0.2, -0.15) is 13.1 Å². The topological polar surface area (TPSA) is 131 Å². The molecule has 0 spiro atoms. The molecular formula is C18H23N3O7S. The number of hydrogen-bond acceptors (Lipinski definition) is 7. The van der Waals surface area contributed by atoms with Gasteiger partial charge in [0.1, 0.15) is 5.60 Å². The zero-order valence-corrected chi connectivity index (χ0v) is 17.1. The molecule has 2 N–H and O–H groups in total. The van der Waals surface area contributed by atoms with Gasteiger partial charge in [-0.25, -0.2) is 4.79 Å². The van der Waals surface area contributed by atoms with E-state index in [4.69, 9.17) is 8.92 Å². The van der Waals surface area contributed by atoms with Crippen LogP contribution < -0.4 is 10.0 Å². The molecule has 158 valence electrons. The number of imide groups is 1. The van der Waals surface area contributed by atoms with Crippen LogP contribution in [0, 0.1) is 0 Å². The third-order valence-electron chi connectivity index (χ3n) is 4.37. The fourth-order valence-corrected chi connectivity index (χ4v) is 4.10. The van der Waals surface area contributed by atoms with Gasteiger partial charge in [-0.1, -0.05) is 12.1 Å². The number of nitrogens with one attached hydrogen (secondary N) is 2. The Kier molecular flexibility index (Phi) is 5.65. The monoisotopic (exact) mass is 425 g/mol. The predicted octanol–water partition coefficient (Wildman–Crippen LogP) is 1.15. The van der Waals surface area contributed by atoms with E-state index in [0.717, 1.165) is 4.90 Å². The summed E-state index contributed by atoms with van der Waals surface area (Å²) in [5.74, 6) is -0.997. The zero-order chi connectivity index (χ0) is 21.4. The van der Waals surface area contributed by atoms with Gasteiger partial charge in [-0.05, 0) is 45.7 Å². The van der Waals surface area contributed by atoms with Crippen molar-refractivity contribution in [3.8, 4) is 0 Å². The summed E-state index contributed by atoms with van der Waals surface area (Å²) in [6.07, 6.45) is -1.48. The molecule has 0 radical (unpaired) electrons. The third kappa shape index (κ3) is 4.92. The highest BCUT2D eigenvalue weighted by atomic mass is 32.2. The number of rotatable bonds is 2. The van der Waals surface area contributed by atoms with E-state index < -0.39 is 46.0 Å². The van der Waals surface area contributed by atoms with E-state index in [-0.39, 0.29) is 30.6 Å². The summed E-state index contributed by atoms with van der Waals surface area (Å²) in [6, 6.07) is 5.59. The molecule has 2 aliphatic heterocycles. The lowest BCUT2D eigenvalue weighted by molar-refractivity contribution is 0.0446. The van der Waals surface area contributed by atoms with Crippen LogP contribution in [0.2, 0.25) is 0 Å². The summed E-state index contributed by atoms with van der Waals surface area (Å²) in [6.45, 7) is 4.66. The Morgan fingerprint density at radius 2 is 1.76 bits per heavy atom. The van der Waals surface area contributed by atoms with Gasteiger partial charge in [0.05, 0.1) is 29.9 Å². The second-order valence-corrected chi connectivity index (χ2v) is 9.19. The lowest BCUT2D eigenvalue weighted by atomic mass is 10.1. The van der Waals surface area contributed by atoms with E-state index in [0.29, 0.717) is 0 Å². The van der Waals surface area contributed by atoms with Crippen LogP contribution in [-0.2, 0) is 19.2 Å². The van der Waals surface area contributed by atoms with Gasteiger partial charge in [0, 0.05) is 0 Å². The number of ether oxygens (including phenoxy) is 1. The van der Waals surface area contributed by atoms with Crippen LogP contribution in [0.4, 0.5) is 4.79 Å². The molecule has 0 saturated carbocycles. The van der Waals surface area contributed by atoms with Crippen molar-refractivity contribution in [1.29, 1.82) is 0 Å². The largest absolute Gasteiger partial charge is 0.444 e. The van der Waals surface area contributed by atoms with Gasteiger partial charge in [-0.15, -0.1) is 0 Å². The molecule has 1 unspecified atom stereocenters. The highest BCUT2D eigenvalue weighted by molar-refractivity contribution is 7.84. The molecule has 0 bridgehead atoms. The van der Waals surface area contributed by atoms with Crippen molar-refractivity contribution >= 4 is 28.2 Å². The Morgan fingerprint density at radius 1 is 1.17 bits per heavy atom. The lowest BCUT2D eigenvalue weighted by Gasteiger charge is -2.31. The first-order chi connectivity index (χ1) is 13.5. The van der Waals surface area contributed by atoms with Crippen molar-refractivity contribution in [2.24, 2.45) is 0 Å². The van der Waals surface area contributed by atoms with Gasteiger partial charge in [0.25, 0.3) is 11.8 Å². The quantitative estimate of drug-likeness (QED) is 0.680. The molecule has 1 aromatic rings. The molecule has 1 fully saturated rings. The van der Waals surface area contributed by atoms with Crippen molar-refractivity contribution in [2.45, 2.75) is 51.4 Å². The van der Waals surface area contributed by atoms with Crippen LogP contribution >= 0.6 is 0 Å². The Morgan fingerprint density at radius 3 is 2.31 bits per heavy atom. The minimum atomic E-state index is -4.22. The van der Waals surface area contributed by atoms with E-state index in [9.17, 15) is 22.8 Å². The maximum Gasteiger partial charge on any atom is 0.408 e. The average Bonchev–Trinajstić information content (AvgIpc) is 2.83. The van der Waals surface area contributed by atoms with E-state index in [1.807, 2.05) is 0 Å². The lowest BCUT2D eigenvalue weighted by Crippen LogP contribution is -2.53. The van der Waals surface area contributed by atoms with Crippen LogP contribution in [0.15, 0.2) is 24.3 Å². The maximum absolute atomic E-state index is 12.7. The summed E-state index contributed by atoms with van der Waals surface area (Å²) in [7, 11) is -4.22. The van der Waals surface area contributed by atoms with Crippen molar-refractivity contribution < 1.29 is 31.7 Å². The van der Waals surface area contributed by atoms with Gasteiger partial charge >= 0.3 is 16.4 Å². The van der Waals surface area contributed by atoms with Crippen LogP contribution in [0.5, 0.6) is 0 Å². The van der Waals surface area contributed by atoms with Crippen LogP contribution in [0.3, 0.4) is 0 Å². The molecular weight excluding hydrogens is 402 g/mol. The fourth-order valence-electron chi connectivity index (χ4n) is 3.17. The van der Waals surface area contributed by atoms with Gasteiger partial charge in [0.15, 0.2) is 0 Å². The number of carbonyl (C=O) groups is 3. The number of benzene rings is 1. The summed E-state index contributed by atoms with van der Waals surface area (Å²) < 4.78 is 36.5. The standard InChI is InChI=1S/C18H23N3O7S/c1-18(2,3)28-17(24)19-14-9-8-11(10-27-29(25,26)20-14)21-15(22)12-6-4-5-7-13(12)16(21)23/h4-7,11,14,20H,8-10H2,1-3H3,(H,19,24)/t11-,14?/m0/s1. The Hall–Kier alpha value is -2.50. The number of nitrogens with zero attached hydrogens (tertiary/aromatic N) is 1. The molecule has 2 aliphatic rings. The second kappa shape index (κ2) is 7.73. The molecule has 10 nitrogen and oxygen atoms in total. The molecule has 29 heavy (non-hydrogen) atoms. The predicted molar refractivity (Wildman–Crippen MR) is 101 cm³/mol. The second-order valence-electron chi connectivity index (χ2n) is 7.81. The first-order valence-electron chi connectivity index (χ1n) is 9.10. The smallest absolute Gasteiger partial charge is 0.408 e. The molecule has 11 heteroatoms. The number of fused-ring (bicyclic) bond motifs is 1. The van der Waals surface area contributed by atoms with Crippen LogP contribution in [0.1, 0.15) is 54.3 Å². The molecule has 1 aromatic carbocycles. The molecule has 3 amide bonds. The molecule has 0 aromatic heterocycles. The first-order valence-corrected chi connectivity index (χ1v) is 10.5. The highest BCUT2D eigenvalue weighted by Gasteiger charge is 2.41. The molecule has 2 heterocycles. The summed E-state index contributed by atoms with van der Waals surface area (Å²) in [5.41, 5.74) is -0.225. The first kappa shape index (κ1) is 21.2.